The SMILES string of the molecule is CC(C)CN(CC(C)C)C(=O)C1CCC(C(=O)O)O1. The fraction of sp³-hybridized carbons (Fsp3) is 0.857. The Balaban J connectivity index is 2.63. The Bertz CT molecular complexity index is 317. The summed E-state index contributed by atoms with van der Waals surface area (Å²) in [6.07, 6.45) is -0.488. The van der Waals surface area contributed by atoms with Gasteiger partial charge in [0.25, 0.3) is 5.91 Å². The van der Waals surface area contributed by atoms with E-state index in [1.54, 1.807) is 0 Å². The van der Waals surface area contributed by atoms with Gasteiger partial charge in [-0.25, -0.2) is 4.79 Å². The van der Waals surface area contributed by atoms with E-state index in [0.717, 1.165) is 0 Å². The minimum Gasteiger partial charge on any atom is -0.479 e. The number of carbonyl (C=O) groups excluding carboxylic acids is 1. The smallest absolute Gasteiger partial charge is 0.332 e. The van der Waals surface area contributed by atoms with Crippen LogP contribution in [0.15, 0.2) is 0 Å². The Hall–Kier alpha value is -1.10. The highest BCUT2D eigenvalue weighted by atomic mass is 16.5. The van der Waals surface area contributed by atoms with Crippen LogP contribution in [0, 0.1) is 11.8 Å². The van der Waals surface area contributed by atoms with Crippen molar-refractivity contribution in [3.8, 4) is 0 Å². The second kappa shape index (κ2) is 6.89. The van der Waals surface area contributed by atoms with Crippen LogP contribution in [0.1, 0.15) is 40.5 Å². The van der Waals surface area contributed by atoms with Gasteiger partial charge in [0.05, 0.1) is 0 Å². The lowest BCUT2D eigenvalue weighted by molar-refractivity contribution is -0.155. The first-order chi connectivity index (χ1) is 8.81. The number of carbonyl (C=O) groups is 2. The topological polar surface area (TPSA) is 66.8 Å². The van der Waals surface area contributed by atoms with Gasteiger partial charge < -0.3 is 14.7 Å². The van der Waals surface area contributed by atoms with Crippen LogP contribution in [0.2, 0.25) is 0 Å². The van der Waals surface area contributed by atoms with Gasteiger partial charge in [-0.3, -0.25) is 4.79 Å². The van der Waals surface area contributed by atoms with Crippen molar-refractivity contribution in [1.82, 2.24) is 4.90 Å². The molecule has 5 nitrogen and oxygen atoms in total. The molecular formula is C14H25NO4. The van der Waals surface area contributed by atoms with Gasteiger partial charge in [-0.15, -0.1) is 0 Å². The summed E-state index contributed by atoms with van der Waals surface area (Å²) in [6.45, 7) is 9.64. The van der Waals surface area contributed by atoms with Crippen molar-refractivity contribution in [3.05, 3.63) is 0 Å². The van der Waals surface area contributed by atoms with E-state index in [4.69, 9.17) is 9.84 Å². The van der Waals surface area contributed by atoms with Gasteiger partial charge in [0.15, 0.2) is 6.10 Å². The van der Waals surface area contributed by atoms with E-state index in [9.17, 15) is 9.59 Å². The molecule has 0 saturated carbocycles. The first-order valence-corrected chi connectivity index (χ1v) is 6.98. The van der Waals surface area contributed by atoms with Gasteiger partial charge in [-0.05, 0) is 24.7 Å². The second-order valence-corrected chi connectivity index (χ2v) is 6.06. The average Bonchev–Trinajstić information content (AvgIpc) is 2.75. The van der Waals surface area contributed by atoms with Crippen LogP contribution in [-0.4, -0.2) is 47.2 Å². The summed E-state index contributed by atoms with van der Waals surface area (Å²) >= 11 is 0. The monoisotopic (exact) mass is 271 g/mol. The zero-order chi connectivity index (χ0) is 14.6. The fourth-order valence-corrected chi connectivity index (χ4v) is 2.34. The Morgan fingerprint density at radius 1 is 1.11 bits per heavy atom. The normalized spacial score (nSPS) is 23.1. The van der Waals surface area contributed by atoms with Crippen LogP contribution in [0.4, 0.5) is 0 Å². The number of amides is 1. The molecule has 1 aliphatic heterocycles. The highest BCUT2D eigenvalue weighted by molar-refractivity contribution is 5.82. The summed E-state index contributed by atoms with van der Waals surface area (Å²) in [4.78, 5) is 25.0. The predicted octanol–water partition coefficient (Wildman–Crippen LogP) is 1.76. The molecule has 1 N–H and O–H groups in total. The predicted molar refractivity (Wildman–Crippen MR) is 71.8 cm³/mol. The molecule has 0 aromatic carbocycles. The molecule has 1 amide bonds. The van der Waals surface area contributed by atoms with E-state index >= 15 is 0 Å². The molecule has 2 atom stereocenters. The molecule has 1 rings (SSSR count). The van der Waals surface area contributed by atoms with E-state index < -0.39 is 18.2 Å². The summed E-state index contributed by atoms with van der Waals surface area (Å²) in [7, 11) is 0. The first kappa shape index (κ1) is 16.0. The molecule has 1 saturated heterocycles. The molecule has 110 valence electrons. The average molecular weight is 271 g/mol. The molecule has 1 heterocycles. The molecule has 0 bridgehead atoms. The fourth-order valence-electron chi connectivity index (χ4n) is 2.34. The summed E-state index contributed by atoms with van der Waals surface area (Å²) in [5, 5.41) is 8.89. The van der Waals surface area contributed by atoms with Crippen molar-refractivity contribution < 1.29 is 19.4 Å². The van der Waals surface area contributed by atoms with Crippen molar-refractivity contribution in [2.75, 3.05) is 13.1 Å². The lowest BCUT2D eigenvalue weighted by atomic mass is 10.1. The van der Waals surface area contributed by atoms with Crippen LogP contribution in [0.25, 0.3) is 0 Å². The van der Waals surface area contributed by atoms with Crippen LogP contribution >= 0.6 is 0 Å². The summed E-state index contributed by atoms with van der Waals surface area (Å²) < 4.78 is 5.34. The maximum absolute atomic E-state index is 12.4. The van der Waals surface area contributed by atoms with E-state index in [-0.39, 0.29) is 5.91 Å². The van der Waals surface area contributed by atoms with Crippen LogP contribution in [0.3, 0.4) is 0 Å². The van der Waals surface area contributed by atoms with Crippen molar-refractivity contribution in [2.45, 2.75) is 52.7 Å². The van der Waals surface area contributed by atoms with Gasteiger partial charge in [-0.2, -0.15) is 0 Å². The number of hydrogen-bond donors (Lipinski definition) is 1. The molecule has 0 radical (unpaired) electrons. The van der Waals surface area contributed by atoms with Crippen LogP contribution in [-0.2, 0) is 14.3 Å². The highest BCUT2D eigenvalue weighted by Gasteiger charge is 2.36. The highest BCUT2D eigenvalue weighted by Crippen LogP contribution is 2.22. The summed E-state index contributed by atoms with van der Waals surface area (Å²) in [5.41, 5.74) is 0. The molecule has 1 aliphatic rings. The van der Waals surface area contributed by atoms with Gasteiger partial charge >= 0.3 is 5.97 Å². The van der Waals surface area contributed by atoms with Gasteiger partial charge in [0.2, 0.25) is 0 Å². The lowest BCUT2D eigenvalue weighted by Crippen LogP contribution is -2.43. The first-order valence-electron chi connectivity index (χ1n) is 6.98. The molecule has 0 aromatic heterocycles. The van der Waals surface area contributed by atoms with Crippen molar-refractivity contribution in [3.63, 3.8) is 0 Å². The molecule has 0 spiro atoms. The molecule has 0 aliphatic carbocycles. The third-order valence-corrected chi connectivity index (χ3v) is 3.05. The van der Waals surface area contributed by atoms with Gasteiger partial charge in [-0.1, -0.05) is 27.7 Å². The van der Waals surface area contributed by atoms with Crippen molar-refractivity contribution in [2.24, 2.45) is 11.8 Å². The number of ether oxygens (including phenoxy) is 1. The molecule has 5 heteroatoms. The molecule has 1 fully saturated rings. The van der Waals surface area contributed by atoms with E-state index in [1.165, 1.54) is 0 Å². The number of carboxylic acids is 1. The third-order valence-electron chi connectivity index (χ3n) is 3.05. The van der Waals surface area contributed by atoms with E-state index in [0.29, 0.717) is 37.8 Å². The maximum Gasteiger partial charge on any atom is 0.332 e. The largest absolute Gasteiger partial charge is 0.479 e. The second-order valence-electron chi connectivity index (χ2n) is 6.06. The summed E-state index contributed by atoms with van der Waals surface area (Å²) in [6, 6.07) is 0. The van der Waals surface area contributed by atoms with Crippen LogP contribution < -0.4 is 0 Å². The minimum atomic E-state index is -0.977. The minimum absolute atomic E-state index is 0.0637. The molecule has 19 heavy (non-hydrogen) atoms. The standard InChI is InChI=1S/C14H25NO4/c1-9(2)7-15(8-10(3)4)13(16)11-5-6-12(19-11)14(17)18/h9-12H,5-8H2,1-4H3,(H,17,18). The number of rotatable bonds is 6. The Kier molecular flexibility index (Phi) is 5.79. The Morgan fingerprint density at radius 2 is 1.58 bits per heavy atom. The Morgan fingerprint density at radius 3 is 1.95 bits per heavy atom. The molecule has 0 aromatic rings. The van der Waals surface area contributed by atoms with Crippen molar-refractivity contribution in [1.29, 1.82) is 0 Å². The number of hydrogen-bond acceptors (Lipinski definition) is 3. The van der Waals surface area contributed by atoms with Crippen LogP contribution in [0.5, 0.6) is 0 Å². The van der Waals surface area contributed by atoms with Gasteiger partial charge in [0, 0.05) is 13.1 Å². The molecule has 2 unspecified atom stereocenters. The number of nitrogens with zero attached hydrogens (tertiary/aromatic N) is 1. The molecular weight excluding hydrogens is 246 g/mol. The quantitative estimate of drug-likeness (QED) is 0.799. The Labute approximate surface area is 114 Å². The van der Waals surface area contributed by atoms with Crippen molar-refractivity contribution >= 4 is 11.9 Å². The lowest BCUT2D eigenvalue weighted by Gasteiger charge is -2.28. The number of carboxylic acid groups (broad SMARTS) is 1. The van der Waals surface area contributed by atoms with E-state index in [2.05, 4.69) is 27.7 Å². The third kappa shape index (κ3) is 4.82. The zero-order valence-electron chi connectivity index (χ0n) is 12.3. The maximum atomic E-state index is 12.4. The summed E-state index contributed by atoms with van der Waals surface area (Å²) in [5.74, 6) is -0.264. The zero-order valence-corrected chi connectivity index (χ0v) is 12.3. The number of aliphatic carboxylic acids is 1. The van der Waals surface area contributed by atoms with Gasteiger partial charge in [0.1, 0.15) is 6.10 Å². The van der Waals surface area contributed by atoms with E-state index in [1.807, 2.05) is 4.90 Å².